The third-order valence-corrected chi connectivity index (χ3v) is 2.51. The van der Waals surface area contributed by atoms with Crippen LogP contribution >= 0.6 is 0 Å². The van der Waals surface area contributed by atoms with Crippen molar-refractivity contribution < 1.29 is 9.18 Å². The molecule has 5 nitrogen and oxygen atoms in total. The van der Waals surface area contributed by atoms with Gasteiger partial charge in [-0.15, -0.1) is 0 Å². The first-order valence-corrected chi connectivity index (χ1v) is 6.37. The quantitative estimate of drug-likeness (QED) is 0.733. The smallest absolute Gasteiger partial charge is 0.255 e. The molecule has 106 valence electrons. The van der Waals surface area contributed by atoms with Gasteiger partial charge in [0.05, 0.1) is 11.8 Å². The number of nitrogens with zero attached hydrogens (tertiary/aromatic N) is 2. The van der Waals surface area contributed by atoms with Gasteiger partial charge in [-0.2, -0.15) is 0 Å². The van der Waals surface area contributed by atoms with Crippen molar-refractivity contribution in [2.24, 2.45) is 0 Å². The normalized spacial score (nSPS) is 10.6. The van der Waals surface area contributed by atoms with Crippen molar-refractivity contribution in [3.8, 4) is 0 Å². The SMILES string of the molecule is CCNc1ncc(F)cc1C(=O)NCCCN(C)C. The largest absolute Gasteiger partial charge is 0.370 e. The van der Waals surface area contributed by atoms with Crippen LogP contribution < -0.4 is 10.6 Å². The van der Waals surface area contributed by atoms with E-state index in [1.54, 1.807) is 0 Å². The molecule has 1 aromatic rings. The summed E-state index contributed by atoms with van der Waals surface area (Å²) >= 11 is 0. The fourth-order valence-electron chi connectivity index (χ4n) is 1.61. The summed E-state index contributed by atoms with van der Waals surface area (Å²) in [6, 6.07) is 1.20. The summed E-state index contributed by atoms with van der Waals surface area (Å²) < 4.78 is 13.2. The lowest BCUT2D eigenvalue weighted by Gasteiger charge is -2.12. The van der Waals surface area contributed by atoms with Gasteiger partial charge in [0.1, 0.15) is 11.6 Å². The molecule has 0 atom stereocenters. The van der Waals surface area contributed by atoms with E-state index < -0.39 is 5.82 Å². The third-order valence-electron chi connectivity index (χ3n) is 2.51. The highest BCUT2D eigenvalue weighted by Crippen LogP contribution is 2.13. The Kier molecular flexibility index (Phi) is 6.21. The van der Waals surface area contributed by atoms with Crippen molar-refractivity contribution in [2.45, 2.75) is 13.3 Å². The lowest BCUT2D eigenvalue weighted by atomic mass is 10.2. The van der Waals surface area contributed by atoms with Crippen molar-refractivity contribution in [3.05, 3.63) is 23.6 Å². The molecule has 1 amide bonds. The van der Waals surface area contributed by atoms with Crippen LogP contribution in [-0.4, -0.2) is 49.5 Å². The molecule has 0 spiro atoms. The summed E-state index contributed by atoms with van der Waals surface area (Å²) in [5.74, 6) is -0.407. The molecule has 6 heteroatoms. The molecule has 0 aliphatic heterocycles. The van der Waals surface area contributed by atoms with Crippen LogP contribution in [0.3, 0.4) is 0 Å². The van der Waals surface area contributed by atoms with Crippen LogP contribution in [0.1, 0.15) is 23.7 Å². The van der Waals surface area contributed by atoms with Gasteiger partial charge in [0.15, 0.2) is 0 Å². The van der Waals surface area contributed by atoms with Gasteiger partial charge in [-0.05, 0) is 40.1 Å². The number of hydrogen-bond donors (Lipinski definition) is 2. The molecule has 1 heterocycles. The predicted octanol–water partition coefficient (Wildman–Crippen LogP) is 1.33. The van der Waals surface area contributed by atoms with E-state index in [0.29, 0.717) is 18.9 Å². The van der Waals surface area contributed by atoms with Gasteiger partial charge >= 0.3 is 0 Å². The highest BCUT2D eigenvalue weighted by Gasteiger charge is 2.13. The Morgan fingerprint density at radius 1 is 1.47 bits per heavy atom. The predicted molar refractivity (Wildman–Crippen MR) is 73.9 cm³/mol. The molecule has 19 heavy (non-hydrogen) atoms. The molecule has 1 rings (SSSR count). The first-order chi connectivity index (χ1) is 9.04. The summed E-state index contributed by atoms with van der Waals surface area (Å²) in [7, 11) is 3.95. The minimum absolute atomic E-state index is 0.242. The maximum absolute atomic E-state index is 13.2. The van der Waals surface area contributed by atoms with Crippen LogP contribution in [0.4, 0.5) is 10.2 Å². The van der Waals surface area contributed by atoms with Gasteiger partial charge in [-0.3, -0.25) is 4.79 Å². The average molecular weight is 268 g/mol. The van der Waals surface area contributed by atoms with E-state index in [9.17, 15) is 9.18 Å². The number of halogens is 1. The molecule has 0 unspecified atom stereocenters. The Bertz CT molecular complexity index is 423. The number of amides is 1. The van der Waals surface area contributed by atoms with E-state index >= 15 is 0 Å². The fraction of sp³-hybridized carbons (Fsp3) is 0.538. The average Bonchev–Trinajstić information content (AvgIpc) is 2.36. The molecule has 0 saturated carbocycles. The van der Waals surface area contributed by atoms with E-state index in [4.69, 9.17) is 0 Å². The van der Waals surface area contributed by atoms with Crippen molar-refractivity contribution in [2.75, 3.05) is 39.0 Å². The van der Waals surface area contributed by atoms with Crippen LogP contribution in [0.15, 0.2) is 12.3 Å². The molecule has 2 N–H and O–H groups in total. The number of anilines is 1. The Morgan fingerprint density at radius 2 is 2.21 bits per heavy atom. The fourth-order valence-corrected chi connectivity index (χ4v) is 1.61. The van der Waals surface area contributed by atoms with Gasteiger partial charge in [0.25, 0.3) is 5.91 Å². The highest BCUT2D eigenvalue weighted by molar-refractivity contribution is 5.98. The van der Waals surface area contributed by atoms with E-state index in [1.165, 1.54) is 6.07 Å². The molecule has 0 saturated heterocycles. The molecule has 0 aliphatic rings. The van der Waals surface area contributed by atoms with Crippen molar-refractivity contribution >= 4 is 11.7 Å². The third kappa shape index (κ3) is 5.21. The molecular weight excluding hydrogens is 247 g/mol. The van der Waals surface area contributed by atoms with Crippen LogP contribution in [0.5, 0.6) is 0 Å². The second-order valence-corrected chi connectivity index (χ2v) is 4.49. The number of aromatic nitrogens is 1. The summed E-state index contributed by atoms with van der Waals surface area (Å²) in [4.78, 5) is 17.9. The van der Waals surface area contributed by atoms with Crippen LogP contribution in [-0.2, 0) is 0 Å². The number of pyridine rings is 1. The topological polar surface area (TPSA) is 57.3 Å². The first kappa shape index (κ1) is 15.4. The Balaban J connectivity index is 2.62. The lowest BCUT2D eigenvalue weighted by Crippen LogP contribution is -2.28. The number of rotatable bonds is 7. The summed E-state index contributed by atoms with van der Waals surface area (Å²) in [6.45, 7) is 3.96. The highest BCUT2D eigenvalue weighted by atomic mass is 19.1. The lowest BCUT2D eigenvalue weighted by molar-refractivity contribution is 0.0952. The van der Waals surface area contributed by atoms with E-state index in [-0.39, 0.29) is 11.5 Å². The van der Waals surface area contributed by atoms with Gasteiger partial charge in [-0.25, -0.2) is 9.37 Å². The molecule has 0 fully saturated rings. The van der Waals surface area contributed by atoms with Crippen molar-refractivity contribution in [3.63, 3.8) is 0 Å². The second kappa shape index (κ2) is 7.68. The zero-order valence-electron chi connectivity index (χ0n) is 11.7. The van der Waals surface area contributed by atoms with Crippen LogP contribution in [0.25, 0.3) is 0 Å². The number of nitrogens with one attached hydrogen (secondary N) is 2. The Labute approximate surface area is 113 Å². The molecule has 1 aromatic heterocycles. The molecular formula is C13H21FN4O. The maximum atomic E-state index is 13.2. The van der Waals surface area contributed by atoms with Gasteiger partial charge in [0, 0.05) is 13.1 Å². The number of hydrogen-bond acceptors (Lipinski definition) is 4. The van der Waals surface area contributed by atoms with Gasteiger partial charge in [0.2, 0.25) is 0 Å². The maximum Gasteiger partial charge on any atom is 0.255 e. The standard InChI is InChI=1S/C13H21FN4O/c1-4-15-12-11(8-10(14)9-17-12)13(19)16-6-5-7-18(2)3/h8-9H,4-7H2,1-3H3,(H,15,17)(H,16,19). The zero-order chi connectivity index (χ0) is 14.3. The second-order valence-electron chi connectivity index (χ2n) is 4.49. The van der Waals surface area contributed by atoms with Crippen LogP contribution in [0.2, 0.25) is 0 Å². The van der Waals surface area contributed by atoms with Crippen molar-refractivity contribution in [1.29, 1.82) is 0 Å². The Hall–Kier alpha value is -1.69. The van der Waals surface area contributed by atoms with E-state index in [2.05, 4.69) is 15.6 Å². The zero-order valence-corrected chi connectivity index (χ0v) is 11.7. The molecule has 0 aliphatic carbocycles. The summed E-state index contributed by atoms with van der Waals surface area (Å²) in [6.07, 6.45) is 1.94. The van der Waals surface area contributed by atoms with Crippen LogP contribution in [0, 0.1) is 5.82 Å². The molecule has 0 bridgehead atoms. The summed E-state index contributed by atoms with van der Waals surface area (Å²) in [5.41, 5.74) is 0.242. The Morgan fingerprint density at radius 3 is 2.84 bits per heavy atom. The van der Waals surface area contributed by atoms with E-state index in [1.807, 2.05) is 25.9 Å². The minimum Gasteiger partial charge on any atom is -0.370 e. The summed E-state index contributed by atoms with van der Waals surface area (Å²) in [5, 5.41) is 5.71. The first-order valence-electron chi connectivity index (χ1n) is 6.37. The molecule has 0 radical (unpaired) electrons. The number of carbonyl (C=O) groups is 1. The molecule has 0 aromatic carbocycles. The van der Waals surface area contributed by atoms with Gasteiger partial charge in [-0.1, -0.05) is 0 Å². The van der Waals surface area contributed by atoms with E-state index in [0.717, 1.165) is 19.2 Å². The number of carbonyl (C=O) groups excluding carboxylic acids is 1. The van der Waals surface area contributed by atoms with Gasteiger partial charge < -0.3 is 15.5 Å². The van der Waals surface area contributed by atoms with Crippen molar-refractivity contribution in [1.82, 2.24) is 15.2 Å². The monoisotopic (exact) mass is 268 g/mol. The minimum atomic E-state index is -0.514.